The zero-order valence-corrected chi connectivity index (χ0v) is 25.2. The molecule has 2 heterocycles. The second kappa shape index (κ2) is 13.5. The van der Waals surface area contributed by atoms with E-state index in [1.54, 1.807) is 36.7 Å². The van der Waals surface area contributed by atoms with Crippen LogP contribution in [0.2, 0.25) is 0 Å². The van der Waals surface area contributed by atoms with Crippen molar-refractivity contribution in [1.82, 2.24) is 9.47 Å². The highest BCUT2D eigenvalue weighted by atomic mass is 32.2. The molecule has 0 atom stereocenters. The van der Waals surface area contributed by atoms with Gasteiger partial charge in [0.15, 0.2) is 11.5 Å². The maximum absolute atomic E-state index is 13.5. The van der Waals surface area contributed by atoms with E-state index in [2.05, 4.69) is 11.4 Å². The van der Waals surface area contributed by atoms with Crippen molar-refractivity contribution >= 4 is 46.1 Å². The number of carbonyl (C=O) groups excluding carboxylic acids is 1. The normalized spacial score (nSPS) is 13.9. The largest absolute Gasteiger partial charge is 0.493 e. The van der Waals surface area contributed by atoms with E-state index < -0.39 is 0 Å². The molecule has 212 valence electrons. The van der Waals surface area contributed by atoms with Gasteiger partial charge < -0.3 is 14.8 Å². The highest BCUT2D eigenvalue weighted by Gasteiger charge is 2.33. The fraction of sp³-hybridized carbons (Fsp3) is 0.290. The third-order valence-corrected chi connectivity index (χ3v) is 8.19. The van der Waals surface area contributed by atoms with Crippen LogP contribution in [0.4, 0.5) is 5.82 Å². The van der Waals surface area contributed by atoms with Crippen LogP contribution in [-0.4, -0.2) is 40.5 Å². The quantitative estimate of drug-likeness (QED) is 0.231. The number of ether oxygens (including phenoxy) is 2. The molecule has 0 radical (unpaired) electrons. The maximum atomic E-state index is 13.5. The second-order valence-electron chi connectivity index (χ2n) is 9.45. The summed E-state index contributed by atoms with van der Waals surface area (Å²) in [6, 6.07) is 17.5. The topological polar surface area (TPSA) is 96.6 Å². The van der Waals surface area contributed by atoms with Crippen LogP contribution in [0.3, 0.4) is 0 Å². The first-order chi connectivity index (χ1) is 19.8. The minimum absolute atomic E-state index is 0.0647. The van der Waals surface area contributed by atoms with Gasteiger partial charge in [0, 0.05) is 18.7 Å². The fourth-order valence-corrected chi connectivity index (χ4v) is 5.92. The van der Waals surface area contributed by atoms with Crippen molar-refractivity contribution in [3.63, 3.8) is 0 Å². The molecule has 1 N–H and O–H groups in total. The van der Waals surface area contributed by atoms with Crippen molar-refractivity contribution in [3.05, 3.63) is 91.6 Å². The molecule has 0 aliphatic carbocycles. The van der Waals surface area contributed by atoms with Gasteiger partial charge in [-0.15, -0.1) is 0 Å². The number of hydrogen-bond donors (Lipinski definition) is 1. The molecule has 0 unspecified atom stereocenters. The third-order valence-electron chi connectivity index (χ3n) is 6.81. The lowest BCUT2D eigenvalue weighted by molar-refractivity contribution is -0.122. The van der Waals surface area contributed by atoms with Crippen LogP contribution in [0, 0.1) is 18.3 Å². The molecule has 1 aliphatic heterocycles. The van der Waals surface area contributed by atoms with E-state index in [4.69, 9.17) is 21.7 Å². The van der Waals surface area contributed by atoms with Gasteiger partial charge in [0.25, 0.3) is 11.5 Å². The molecule has 2 aromatic carbocycles. The minimum Gasteiger partial charge on any atom is -0.493 e. The van der Waals surface area contributed by atoms with Gasteiger partial charge >= 0.3 is 0 Å². The Kier molecular flexibility index (Phi) is 9.86. The van der Waals surface area contributed by atoms with Crippen molar-refractivity contribution in [1.29, 1.82) is 5.26 Å². The van der Waals surface area contributed by atoms with E-state index in [0.29, 0.717) is 70.1 Å². The summed E-state index contributed by atoms with van der Waals surface area (Å²) in [4.78, 5) is 28.8. The van der Waals surface area contributed by atoms with Crippen LogP contribution in [0.15, 0.2) is 58.2 Å². The second-order valence-corrected chi connectivity index (χ2v) is 11.1. The predicted molar refractivity (Wildman–Crippen MR) is 167 cm³/mol. The van der Waals surface area contributed by atoms with Gasteiger partial charge in [-0.3, -0.25) is 19.1 Å². The molecular weight excluding hydrogens is 556 g/mol. The van der Waals surface area contributed by atoms with Crippen LogP contribution in [0.5, 0.6) is 11.5 Å². The van der Waals surface area contributed by atoms with Gasteiger partial charge in [-0.25, -0.2) is 0 Å². The Bertz CT molecular complexity index is 1590. The first kappa shape index (κ1) is 29.9. The summed E-state index contributed by atoms with van der Waals surface area (Å²) in [6.07, 6.45) is 3.08. The zero-order valence-electron chi connectivity index (χ0n) is 23.5. The van der Waals surface area contributed by atoms with Gasteiger partial charge in [0.05, 0.1) is 25.7 Å². The van der Waals surface area contributed by atoms with Gasteiger partial charge in [-0.1, -0.05) is 67.3 Å². The zero-order chi connectivity index (χ0) is 29.5. The average Bonchev–Trinajstić information content (AvgIpc) is 3.24. The number of thioether (sulfide) groups is 1. The molecule has 0 saturated carbocycles. The van der Waals surface area contributed by atoms with Gasteiger partial charge in [0.1, 0.15) is 21.8 Å². The number of nitrogens with one attached hydrogen (secondary N) is 1. The molecule has 4 rings (SSSR count). The number of carbonyl (C=O) groups is 1. The number of rotatable bonds is 11. The fourth-order valence-electron chi connectivity index (χ4n) is 4.69. The Morgan fingerprint density at radius 2 is 1.80 bits per heavy atom. The number of nitrogens with zero attached hydrogens (tertiary/aromatic N) is 3. The molecular formula is C31H32N4O4S2. The van der Waals surface area contributed by atoms with Crippen molar-refractivity contribution in [2.75, 3.05) is 26.1 Å². The smallest absolute Gasteiger partial charge is 0.270 e. The van der Waals surface area contributed by atoms with Crippen molar-refractivity contribution in [2.24, 2.45) is 0 Å². The monoisotopic (exact) mass is 588 g/mol. The maximum Gasteiger partial charge on any atom is 0.270 e. The Hall–Kier alpha value is -4.07. The SMILES string of the molecule is CCCn1c(NCCc2ccc(OC)c(OC)c2)c(/C=C2/SC(=S)N(Cc3ccccc3)C2=O)c(C)c(C#N)c1=O. The van der Waals surface area contributed by atoms with Gasteiger partial charge in [0.2, 0.25) is 0 Å². The van der Waals surface area contributed by atoms with E-state index in [9.17, 15) is 14.9 Å². The van der Waals surface area contributed by atoms with E-state index in [1.807, 2.05) is 55.5 Å². The molecule has 1 amide bonds. The summed E-state index contributed by atoms with van der Waals surface area (Å²) in [7, 11) is 3.19. The number of pyridine rings is 1. The van der Waals surface area contributed by atoms with Crippen molar-refractivity contribution in [2.45, 2.75) is 39.8 Å². The van der Waals surface area contributed by atoms with Crippen molar-refractivity contribution < 1.29 is 14.3 Å². The first-order valence-corrected chi connectivity index (χ1v) is 14.5. The van der Waals surface area contributed by atoms with Crippen LogP contribution in [0.1, 0.15) is 41.2 Å². The molecule has 1 saturated heterocycles. The summed E-state index contributed by atoms with van der Waals surface area (Å²) < 4.78 is 12.8. The lowest BCUT2D eigenvalue weighted by Crippen LogP contribution is -2.29. The highest BCUT2D eigenvalue weighted by Crippen LogP contribution is 2.36. The molecule has 8 nitrogen and oxygen atoms in total. The van der Waals surface area contributed by atoms with Crippen LogP contribution in [-0.2, 0) is 24.3 Å². The summed E-state index contributed by atoms with van der Waals surface area (Å²) in [6.45, 7) is 5.01. The summed E-state index contributed by atoms with van der Waals surface area (Å²) in [5, 5.41) is 13.3. The van der Waals surface area contributed by atoms with Crippen LogP contribution < -0.4 is 20.3 Å². The Morgan fingerprint density at radius 3 is 2.46 bits per heavy atom. The standard InChI is InChI=1S/C31H32N4O4S2/c1-5-15-34-28(33-14-13-21-11-12-25(38-3)26(16-21)39-4)23(20(2)24(18-32)29(34)36)17-27-30(37)35(31(40)41-27)19-22-9-7-6-8-10-22/h6-12,16-17,33H,5,13-15,19H2,1-4H3/b27-17+. The third kappa shape index (κ3) is 6.47. The number of aromatic nitrogens is 1. The van der Waals surface area contributed by atoms with Crippen LogP contribution >= 0.6 is 24.0 Å². The Balaban J connectivity index is 1.70. The van der Waals surface area contributed by atoms with Gasteiger partial charge in [-0.05, 0) is 54.7 Å². The average molecular weight is 589 g/mol. The van der Waals surface area contributed by atoms with E-state index in [1.165, 1.54) is 11.8 Å². The molecule has 0 spiro atoms. The lowest BCUT2D eigenvalue weighted by Gasteiger charge is -2.20. The van der Waals surface area contributed by atoms with E-state index >= 15 is 0 Å². The number of anilines is 1. The molecule has 1 aromatic heterocycles. The summed E-state index contributed by atoms with van der Waals surface area (Å²) in [5.74, 6) is 1.66. The number of amides is 1. The van der Waals surface area contributed by atoms with E-state index in [0.717, 1.165) is 11.1 Å². The molecule has 1 fully saturated rings. The van der Waals surface area contributed by atoms with Crippen LogP contribution in [0.25, 0.3) is 6.08 Å². The molecule has 1 aliphatic rings. The first-order valence-electron chi connectivity index (χ1n) is 13.2. The molecule has 3 aromatic rings. The number of methoxy groups -OCH3 is 2. The summed E-state index contributed by atoms with van der Waals surface area (Å²) in [5.41, 5.74) is 2.85. The van der Waals surface area contributed by atoms with Gasteiger partial charge in [-0.2, -0.15) is 5.26 Å². The minimum atomic E-state index is -0.353. The number of hydrogen-bond acceptors (Lipinski definition) is 8. The number of benzene rings is 2. The predicted octanol–water partition coefficient (Wildman–Crippen LogP) is 5.51. The molecule has 0 bridgehead atoms. The number of nitriles is 1. The Morgan fingerprint density at radius 1 is 1.07 bits per heavy atom. The molecule has 10 heteroatoms. The molecule has 41 heavy (non-hydrogen) atoms. The lowest BCUT2D eigenvalue weighted by atomic mass is 10.0. The van der Waals surface area contributed by atoms with Crippen molar-refractivity contribution in [3.8, 4) is 17.6 Å². The Labute approximate surface area is 249 Å². The summed E-state index contributed by atoms with van der Waals surface area (Å²) >= 11 is 6.78. The van der Waals surface area contributed by atoms with E-state index in [-0.39, 0.29) is 17.0 Å². The highest BCUT2D eigenvalue weighted by molar-refractivity contribution is 8.26. The number of thiocarbonyl (C=S) groups is 1.